The maximum atomic E-state index is 13.0. The minimum atomic E-state index is -0.652. The summed E-state index contributed by atoms with van der Waals surface area (Å²) >= 11 is 0. The number of tetrazole rings is 1. The van der Waals surface area contributed by atoms with Crippen LogP contribution in [0.1, 0.15) is 24.1 Å². The number of rotatable bonds is 5. The van der Waals surface area contributed by atoms with Crippen molar-refractivity contribution >= 4 is 17.6 Å². The van der Waals surface area contributed by atoms with Crippen LogP contribution in [-0.4, -0.2) is 36.2 Å². The first kappa shape index (κ1) is 19.1. The van der Waals surface area contributed by atoms with Crippen LogP contribution in [0.3, 0.4) is 0 Å². The molecule has 11 nitrogen and oxygen atoms in total. The molecule has 2 heterocycles. The third kappa shape index (κ3) is 3.55. The standard InChI is InChI=1S/C19H16N6O5/c1-11-16(18(27)30-10-12-2-6-14(7-3-12)25(28)29)17(13-4-8-15(26)9-5-13)24-19(20-11)21-22-23-24/h2-9,17,26H,10H2,1H3,(H,20,21,23)/t17-/m0/s1. The van der Waals surface area contributed by atoms with Crippen LogP contribution in [-0.2, 0) is 16.1 Å². The second-order valence-electron chi connectivity index (χ2n) is 6.60. The van der Waals surface area contributed by atoms with Crippen LogP contribution in [0, 0.1) is 10.1 Å². The first-order valence-electron chi connectivity index (χ1n) is 8.89. The van der Waals surface area contributed by atoms with Crippen LogP contribution in [0.25, 0.3) is 0 Å². The molecule has 1 aliphatic rings. The Morgan fingerprint density at radius 3 is 2.60 bits per heavy atom. The van der Waals surface area contributed by atoms with Gasteiger partial charge in [-0.05, 0) is 52.7 Å². The second kappa shape index (κ2) is 7.62. The van der Waals surface area contributed by atoms with E-state index in [0.717, 1.165) is 0 Å². The van der Waals surface area contributed by atoms with Crippen molar-refractivity contribution in [1.82, 2.24) is 20.2 Å². The Morgan fingerprint density at radius 2 is 1.93 bits per heavy atom. The van der Waals surface area contributed by atoms with Crippen LogP contribution in [0.5, 0.6) is 5.75 Å². The number of nitro benzene ring substituents is 1. The molecule has 0 bridgehead atoms. The second-order valence-corrected chi connectivity index (χ2v) is 6.60. The zero-order valence-corrected chi connectivity index (χ0v) is 15.7. The molecule has 0 saturated heterocycles. The van der Waals surface area contributed by atoms with Crippen molar-refractivity contribution in [2.24, 2.45) is 0 Å². The Kier molecular flexibility index (Phi) is 4.84. The molecule has 1 atom stereocenters. The van der Waals surface area contributed by atoms with Gasteiger partial charge in [-0.15, -0.1) is 0 Å². The van der Waals surface area contributed by atoms with Crippen LogP contribution in [0.4, 0.5) is 11.6 Å². The Morgan fingerprint density at radius 1 is 1.23 bits per heavy atom. The molecule has 2 aromatic carbocycles. The number of phenols is 1. The zero-order valence-electron chi connectivity index (χ0n) is 15.7. The fourth-order valence-electron chi connectivity index (χ4n) is 3.18. The molecule has 0 aliphatic carbocycles. The van der Waals surface area contributed by atoms with Gasteiger partial charge in [-0.1, -0.05) is 17.2 Å². The summed E-state index contributed by atoms with van der Waals surface area (Å²) in [6, 6.07) is 11.5. The van der Waals surface area contributed by atoms with Gasteiger partial charge in [0.1, 0.15) is 18.4 Å². The third-order valence-corrected chi connectivity index (χ3v) is 4.66. The number of aromatic hydroxyl groups is 1. The number of phenolic OH excluding ortho intramolecular Hbond substituents is 1. The first-order valence-corrected chi connectivity index (χ1v) is 8.89. The number of hydrogen-bond donors (Lipinski definition) is 2. The molecule has 30 heavy (non-hydrogen) atoms. The predicted octanol–water partition coefficient (Wildman–Crippen LogP) is 2.32. The highest BCUT2D eigenvalue weighted by Crippen LogP contribution is 2.35. The highest BCUT2D eigenvalue weighted by atomic mass is 16.6. The fraction of sp³-hybridized carbons (Fsp3) is 0.158. The van der Waals surface area contributed by atoms with Gasteiger partial charge in [0.2, 0.25) is 5.95 Å². The maximum absolute atomic E-state index is 13.0. The summed E-state index contributed by atoms with van der Waals surface area (Å²) in [5, 5.41) is 34.9. The van der Waals surface area contributed by atoms with Crippen molar-refractivity contribution in [3.05, 3.63) is 81.0 Å². The minimum Gasteiger partial charge on any atom is -0.508 e. The predicted molar refractivity (Wildman–Crippen MR) is 103 cm³/mol. The molecule has 4 rings (SSSR count). The summed E-state index contributed by atoms with van der Waals surface area (Å²) in [4.78, 5) is 23.2. The summed E-state index contributed by atoms with van der Waals surface area (Å²) in [6.07, 6.45) is 0. The van der Waals surface area contributed by atoms with E-state index in [2.05, 4.69) is 20.8 Å². The van der Waals surface area contributed by atoms with Gasteiger partial charge in [-0.3, -0.25) is 10.1 Å². The molecular weight excluding hydrogens is 392 g/mol. The van der Waals surface area contributed by atoms with E-state index in [9.17, 15) is 20.0 Å². The summed E-state index contributed by atoms with van der Waals surface area (Å²) < 4.78 is 6.93. The first-order chi connectivity index (χ1) is 14.4. The number of fused-ring (bicyclic) bond motifs is 1. The Bertz CT molecular complexity index is 1140. The van der Waals surface area contributed by atoms with Gasteiger partial charge < -0.3 is 15.2 Å². The third-order valence-electron chi connectivity index (χ3n) is 4.66. The molecule has 1 aromatic heterocycles. The van der Waals surface area contributed by atoms with E-state index in [4.69, 9.17) is 4.74 Å². The number of esters is 1. The van der Waals surface area contributed by atoms with E-state index >= 15 is 0 Å². The number of aromatic nitrogens is 4. The molecular formula is C19H16N6O5. The van der Waals surface area contributed by atoms with Crippen LogP contribution in [0.15, 0.2) is 59.8 Å². The topological polar surface area (TPSA) is 145 Å². The molecule has 0 spiro atoms. The van der Waals surface area contributed by atoms with Crippen molar-refractivity contribution in [3.8, 4) is 5.75 Å². The largest absolute Gasteiger partial charge is 0.508 e. The Hall–Kier alpha value is -4.28. The lowest BCUT2D eigenvalue weighted by atomic mass is 9.96. The summed E-state index contributed by atoms with van der Waals surface area (Å²) in [5.74, 6) is -0.123. The summed E-state index contributed by atoms with van der Waals surface area (Å²) in [6.45, 7) is 1.66. The van der Waals surface area contributed by atoms with Gasteiger partial charge in [0, 0.05) is 17.8 Å². The highest BCUT2D eigenvalue weighted by molar-refractivity contribution is 5.92. The van der Waals surface area contributed by atoms with Crippen LogP contribution in [0.2, 0.25) is 0 Å². The lowest BCUT2D eigenvalue weighted by Gasteiger charge is -2.27. The smallest absolute Gasteiger partial charge is 0.338 e. The normalized spacial score (nSPS) is 15.3. The molecule has 1 aliphatic heterocycles. The molecule has 0 radical (unpaired) electrons. The van der Waals surface area contributed by atoms with Crippen molar-refractivity contribution in [1.29, 1.82) is 0 Å². The Balaban J connectivity index is 1.60. The number of hydrogen-bond acceptors (Lipinski definition) is 9. The van der Waals surface area contributed by atoms with E-state index in [1.807, 2.05) is 0 Å². The summed E-state index contributed by atoms with van der Waals surface area (Å²) in [7, 11) is 0. The molecule has 11 heteroatoms. The van der Waals surface area contributed by atoms with E-state index in [-0.39, 0.29) is 18.0 Å². The number of carbonyl (C=O) groups is 1. The van der Waals surface area contributed by atoms with Gasteiger partial charge >= 0.3 is 5.97 Å². The molecule has 3 aromatic rings. The summed E-state index contributed by atoms with van der Waals surface area (Å²) in [5.41, 5.74) is 2.09. The van der Waals surface area contributed by atoms with E-state index in [1.54, 1.807) is 19.1 Å². The van der Waals surface area contributed by atoms with Gasteiger partial charge in [-0.25, -0.2) is 4.79 Å². The lowest BCUT2D eigenvalue weighted by Crippen LogP contribution is -2.29. The molecule has 0 amide bonds. The molecule has 2 N–H and O–H groups in total. The minimum absolute atomic E-state index is 0.0429. The van der Waals surface area contributed by atoms with E-state index in [1.165, 1.54) is 41.1 Å². The van der Waals surface area contributed by atoms with Gasteiger partial charge in [-0.2, -0.15) is 4.68 Å². The number of benzene rings is 2. The van der Waals surface area contributed by atoms with Gasteiger partial charge in [0.05, 0.1) is 10.5 Å². The van der Waals surface area contributed by atoms with Crippen molar-refractivity contribution in [3.63, 3.8) is 0 Å². The average molecular weight is 408 g/mol. The quantitative estimate of drug-likeness (QED) is 0.369. The van der Waals surface area contributed by atoms with E-state index < -0.39 is 16.9 Å². The van der Waals surface area contributed by atoms with Gasteiger partial charge in [0.15, 0.2) is 0 Å². The van der Waals surface area contributed by atoms with Crippen molar-refractivity contribution in [2.45, 2.75) is 19.6 Å². The average Bonchev–Trinajstić information content (AvgIpc) is 3.20. The molecule has 0 unspecified atom stereocenters. The number of carbonyl (C=O) groups excluding carboxylic acids is 1. The maximum Gasteiger partial charge on any atom is 0.338 e. The number of allylic oxidation sites excluding steroid dienone is 1. The van der Waals surface area contributed by atoms with E-state index in [0.29, 0.717) is 28.3 Å². The van der Waals surface area contributed by atoms with Crippen LogP contribution < -0.4 is 5.32 Å². The molecule has 0 fully saturated rings. The number of non-ortho nitro benzene ring substituents is 1. The fourth-order valence-corrected chi connectivity index (χ4v) is 3.18. The monoisotopic (exact) mass is 408 g/mol. The number of nitro groups is 1. The van der Waals surface area contributed by atoms with Gasteiger partial charge in [0.25, 0.3) is 5.69 Å². The number of ether oxygens (including phenoxy) is 1. The molecule has 0 saturated carbocycles. The Labute approximate surface area is 169 Å². The van der Waals surface area contributed by atoms with Crippen molar-refractivity contribution in [2.75, 3.05) is 5.32 Å². The lowest BCUT2D eigenvalue weighted by molar-refractivity contribution is -0.384. The number of anilines is 1. The number of nitrogens with one attached hydrogen (secondary N) is 1. The van der Waals surface area contributed by atoms with Crippen LogP contribution >= 0.6 is 0 Å². The SMILES string of the molecule is CC1=C(C(=O)OCc2ccc([N+](=O)[O-])cc2)[C@H](c2ccc(O)cc2)n2nnnc2N1. The molecule has 152 valence electrons. The number of nitrogens with zero attached hydrogens (tertiary/aromatic N) is 5. The highest BCUT2D eigenvalue weighted by Gasteiger charge is 2.35. The zero-order chi connectivity index (χ0) is 21.3. The van der Waals surface area contributed by atoms with Crippen molar-refractivity contribution < 1.29 is 19.6 Å².